The van der Waals surface area contributed by atoms with Crippen LogP contribution >= 0.6 is 69.6 Å². The molecule has 1 N–H and O–H groups in total. The molecule has 0 saturated heterocycles. The van der Waals surface area contributed by atoms with E-state index in [4.69, 9.17) is 69.6 Å². The van der Waals surface area contributed by atoms with E-state index in [9.17, 15) is 9.90 Å². The van der Waals surface area contributed by atoms with Gasteiger partial charge in [0.2, 0.25) is 0 Å². The van der Waals surface area contributed by atoms with Crippen LogP contribution < -0.4 is 0 Å². The standard InChI is InChI=1S/C19H9Cl6NO2/c20-11-3-1-9(16(22)18(11)24)13-5-8(7-15(27)28)6-14(26-13)10-2-4-12(21)19(25)17(10)23/h1-6H,7H2,(H,27,28). The first kappa shape index (κ1) is 21.5. The molecule has 28 heavy (non-hydrogen) atoms. The van der Waals surface area contributed by atoms with Crippen LogP contribution in [0.2, 0.25) is 30.1 Å². The van der Waals surface area contributed by atoms with E-state index in [0.717, 1.165) is 0 Å². The lowest BCUT2D eigenvalue weighted by atomic mass is 10.0. The maximum Gasteiger partial charge on any atom is 0.307 e. The highest BCUT2D eigenvalue weighted by Gasteiger charge is 2.17. The minimum atomic E-state index is -0.997. The SMILES string of the molecule is O=C(O)Cc1cc(-c2ccc(Cl)c(Cl)c2Cl)nc(-c2ccc(Cl)c(Cl)c2Cl)c1. The number of carboxylic acids is 1. The Hall–Kier alpha value is -1.20. The Balaban J connectivity index is 2.26. The van der Waals surface area contributed by atoms with Crippen LogP contribution in [0.3, 0.4) is 0 Å². The summed E-state index contributed by atoms with van der Waals surface area (Å²) in [5.41, 5.74) is 2.33. The number of rotatable bonds is 4. The Kier molecular flexibility index (Phi) is 6.65. The fraction of sp³-hybridized carbons (Fsp3) is 0.0526. The van der Waals surface area contributed by atoms with Crippen LogP contribution in [0.5, 0.6) is 0 Å². The van der Waals surface area contributed by atoms with Crippen LogP contribution in [0.25, 0.3) is 22.5 Å². The number of hydrogen-bond donors (Lipinski definition) is 1. The number of carbonyl (C=O) groups is 1. The van der Waals surface area contributed by atoms with E-state index in [2.05, 4.69) is 4.98 Å². The van der Waals surface area contributed by atoms with Gasteiger partial charge >= 0.3 is 5.97 Å². The highest BCUT2D eigenvalue weighted by molar-refractivity contribution is 6.49. The fourth-order valence-electron chi connectivity index (χ4n) is 2.59. The molecule has 0 aliphatic carbocycles. The van der Waals surface area contributed by atoms with Gasteiger partial charge < -0.3 is 5.11 Å². The molecule has 0 radical (unpaired) electrons. The summed E-state index contributed by atoms with van der Waals surface area (Å²) in [6.45, 7) is 0. The van der Waals surface area contributed by atoms with Gasteiger partial charge in [-0.05, 0) is 42.0 Å². The summed E-state index contributed by atoms with van der Waals surface area (Å²) in [4.78, 5) is 15.8. The molecule has 144 valence electrons. The molecule has 3 nitrogen and oxygen atoms in total. The Bertz CT molecular complexity index is 1020. The van der Waals surface area contributed by atoms with Crippen LogP contribution in [0.1, 0.15) is 5.56 Å². The lowest BCUT2D eigenvalue weighted by Crippen LogP contribution is -2.02. The van der Waals surface area contributed by atoms with Gasteiger partial charge in [-0.1, -0.05) is 69.6 Å². The van der Waals surface area contributed by atoms with Gasteiger partial charge in [-0.25, -0.2) is 4.98 Å². The molecule has 3 aromatic rings. The number of halogens is 6. The molecular formula is C19H9Cl6NO2. The number of hydrogen-bond acceptors (Lipinski definition) is 2. The molecule has 0 unspecified atom stereocenters. The molecule has 0 amide bonds. The van der Waals surface area contributed by atoms with Crippen molar-refractivity contribution in [2.75, 3.05) is 0 Å². The van der Waals surface area contributed by atoms with Gasteiger partial charge in [-0.3, -0.25) is 4.79 Å². The maximum absolute atomic E-state index is 11.2. The van der Waals surface area contributed by atoms with Crippen molar-refractivity contribution in [2.24, 2.45) is 0 Å². The Morgan fingerprint density at radius 1 is 0.750 bits per heavy atom. The van der Waals surface area contributed by atoms with Crippen molar-refractivity contribution in [3.63, 3.8) is 0 Å². The van der Waals surface area contributed by atoms with Gasteiger partial charge in [0.25, 0.3) is 0 Å². The van der Waals surface area contributed by atoms with Gasteiger partial charge in [0.15, 0.2) is 0 Å². The summed E-state index contributed by atoms with van der Waals surface area (Å²) in [5, 5.41) is 10.6. The number of nitrogens with zero attached hydrogens (tertiary/aromatic N) is 1. The first-order chi connectivity index (χ1) is 13.2. The van der Waals surface area contributed by atoms with E-state index in [-0.39, 0.29) is 26.5 Å². The molecule has 0 aliphatic rings. The van der Waals surface area contributed by atoms with Crippen LogP contribution in [0, 0.1) is 0 Å². The van der Waals surface area contributed by atoms with E-state index in [0.29, 0.717) is 38.1 Å². The number of carboxylic acid groups (broad SMARTS) is 1. The molecule has 0 fully saturated rings. The van der Waals surface area contributed by atoms with E-state index < -0.39 is 5.97 Å². The van der Waals surface area contributed by atoms with E-state index in [1.54, 1.807) is 36.4 Å². The summed E-state index contributed by atoms with van der Waals surface area (Å²) >= 11 is 36.9. The zero-order valence-electron chi connectivity index (χ0n) is 13.7. The number of aromatic nitrogens is 1. The van der Waals surface area contributed by atoms with Crippen LogP contribution in [-0.4, -0.2) is 16.1 Å². The first-order valence-corrected chi connectivity index (χ1v) is 9.96. The summed E-state index contributed by atoms with van der Waals surface area (Å²) in [5.74, 6) is -0.997. The van der Waals surface area contributed by atoms with Crippen molar-refractivity contribution < 1.29 is 9.90 Å². The summed E-state index contributed by atoms with van der Waals surface area (Å²) < 4.78 is 0. The molecule has 1 aromatic heterocycles. The van der Waals surface area contributed by atoms with Crippen LogP contribution in [0.15, 0.2) is 36.4 Å². The molecule has 0 bridgehead atoms. The molecule has 9 heteroatoms. The van der Waals surface area contributed by atoms with Crippen LogP contribution in [0.4, 0.5) is 0 Å². The summed E-state index contributed by atoms with van der Waals surface area (Å²) in [7, 11) is 0. The van der Waals surface area contributed by atoms with Gasteiger partial charge in [-0.2, -0.15) is 0 Å². The zero-order chi connectivity index (χ0) is 20.6. The average molecular weight is 496 g/mol. The number of aliphatic carboxylic acids is 1. The predicted molar refractivity (Wildman–Crippen MR) is 117 cm³/mol. The van der Waals surface area contributed by atoms with Crippen molar-refractivity contribution in [1.29, 1.82) is 0 Å². The summed E-state index contributed by atoms with van der Waals surface area (Å²) in [6.07, 6.45) is -0.222. The molecule has 3 rings (SSSR count). The highest BCUT2D eigenvalue weighted by atomic mass is 35.5. The lowest BCUT2D eigenvalue weighted by Gasteiger charge is -2.13. The Morgan fingerprint density at radius 3 is 1.57 bits per heavy atom. The Morgan fingerprint density at radius 2 is 1.18 bits per heavy atom. The average Bonchev–Trinajstić information content (AvgIpc) is 2.63. The van der Waals surface area contributed by atoms with E-state index in [1.807, 2.05) is 0 Å². The second-order valence-electron chi connectivity index (χ2n) is 5.76. The van der Waals surface area contributed by atoms with Crippen molar-refractivity contribution in [3.05, 3.63) is 72.1 Å². The smallest absolute Gasteiger partial charge is 0.307 e. The normalized spacial score (nSPS) is 10.9. The van der Waals surface area contributed by atoms with Crippen molar-refractivity contribution in [3.8, 4) is 22.5 Å². The van der Waals surface area contributed by atoms with Crippen LogP contribution in [-0.2, 0) is 11.2 Å². The van der Waals surface area contributed by atoms with Crippen molar-refractivity contribution in [1.82, 2.24) is 4.98 Å². The molecule has 0 saturated carbocycles. The maximum atomic E-state index is 11.2. The molecule has 1 heterocycles. The molecule has 0 atom stereocenters. The topological polar surface area (TPSA) is 50.2 Å². The third kappa shape index (κ3) is 4.35. The monoisotopic (exact) mass is 493 g/mol. The second-order valence-corrected chi connectivity index (χ2v) is 8.09. The highest BCUT2D eigenvalue weighted by Crippen LogP contribution is 2.41. The molecule has 0 aliphatic heterocycles. The predicted octanol–water partition coefficient (Wildman–Crippen LogP) is 7.96. The van der Waals surface area contributed by atoms with Crippen molar-refractivity contribution >= 4 is 75.6 Å². The minimum Gasteiger partial charge on any atom is -0.481 e. The minimum absolute atomic E-state index is 0.181. The Labute approximate surface area is 190 Å². The molecule has 2 aromatic carbocycles. The second kappa shape index (κ2) is 8.66. The van der Waals surface area contributed by atoms with Crippen molar-refractivity contribution in [2.45, 2.75) is 6.42 Å². The van der Waals surface area contributed by atoms with Gasteiger partial charge in [0.05, 0.1) is 47.9 Å². The molecular weight excluding hydrogens is 487 g/mol. The third-order valence-electron chi connectivity index (χ3n) is 3.86. The van der Waals surface area contributed by atoms with E-state index >= 15 is 0 Å². The fourth-order valence-corrected chi connectivity index (χ4v) is 3.85. The third-order valence-corrected chi connectivity index (χ3v) is 6.45. The zero-order valence-corrected chi connectivity index (χ0v) is 18.3. The summed E-state index contributed by atoms with van der Waals surface area (Å²) in [6, 6.07) is 9.72. The quantitative estimate of drug-likeness (QED) is 0.373. The number of benzene rings is 2. The largest absolute Gasteiger partial charge is 0.481 e. The lowest BCUT2D eigenvalue weighted by molar-refractivity contribution is -0.136. The molecule has 0 spiro atoms. The van der Waals surface area contributed by atoms with Gasteiger partial charge in [0.1, 0.15) is 0 Å². The van der Waals surface area contributed by atoms with Gasteiger partial charge in [-0.15, -0.1) is 0 Å². The van der Waals surface area contributed by atoms with Gasteiger partial charge in [0, 0.05) is 11.1 Å². The first-order valence-electron chi connectivity index (χ1n) is 7.69. The van der Waals surface area contributed by atoms with E-state index in [1.165, 1.54) is 0 Å². The number of pyridine rings is 1.